The number of aromatic nitrogens is 2. The van der Waals surface area contributed by atoms with Gasteiger partial charge in [-0.05, 0) is 31.9 Å². The van der Waals surface area contributed by atoms with E-state index in [-0.39, 0.29) is 18.5 Å². The van der Waals surface area contributed by atoms with E-state index in [1.54, 1.807) is 20.1 Å². The third-order valence-corrected chi connectivity index (χ3v) is 4.54. The average molecular weight is 374 g/mol. The Morgan fingerprint density at radius 1 is 1.44 bits per heavy atom. The summed E-state index contributed by atoms with van der Waals surface area (Å²) in [5.41, 5.74) is 0.739. The number of aliphatic carboxylic acids is 1. The molecule has 3 rings (SSSR count). The van der Waals surface area contributed by atoms with Crippen LogP contribution in [0.2, 0.25) is 0 Å². The van der Waals surface area contributed by atoms with E-state index in [4.69, 9.17) is 14.4 Å². The molecule has 9 nitrogen and oxygen atoms in total. The zero-order valence-corrected chi connectivity index (χ0v) is 15.2. The van der Waals surface area contributed by atoms with E-state index < -0.39 is 17.9 Å². The predicted octanol–water partition coefficient (Wildman–Crippen LogP) is 2.31. The van der Waals surface area contributed by atoms with Crippen LogP contribution in [0.1, 0.15) is 31.7 Å². The van der Waals surface area contributed by atoms with Crippen molar-refractivity contribution < 1.29 is 24.0 Å². The lowest BCUT2D eigenvalue weighted by Gasteiger charge is -2.31. The van der Waals surface area contributed by atoms with Gasteiger partial charge in [0.2, 0.25) is 11.7 Å². The molecule has 1 fully saturated rings. The number of benzene rings is 1. The second-order valence-corrected chi connectivity index (χ2v) is 6.48. The van der Waals surface area contributed by atoms with E-state index >= 15 is 0 Å². The molecule has 144 valence electrons. The number of methoxy groups -OCH3 is 1. The van der Waals surface area contributed by atoms with E-state index in [0.29, 0.717) is 31.0 Å². The van der Waals surface area contributed by atoms with Gasteiger partial charge >= 0.3 is 12.0 Å². The minimum atomic E-state index is -0.875. The van der Waals surface area contributed by atoms with Crippen molar-refractivity contribution in [3.8, 4) is 17.1 Å². The summed E-state index contributed by atoms with van der Waals surface area (Å²) in [6.07, 6.45) is 1.25. The molecule has 2 atom stereocenters. The van der Waals surface area contributed by atoms with Crippen molar-refractivity contribution in [2.75, 3.05) is 20.2 Å². The standard InChI is InChI=1S/C18H22N4O5/c1-11(19-18(25)22-8-4-6-13(10-22)17(23)24)16-20-15(21-27-16)12-5-3-7-14(9-12)26-2/h3,5,7,9,11,13H,4,6,8,10H2,1-2H3,(H,19,25)(H,23,24). The van der Waals surface area contributed by atoms with Gasteiger partial charge in [-0.3, -0.25) is 4.79 Å². The average Bonchev–Trinajstić information content (AvgIpc) is 3.18. The van der Waals surface area contributed by atoms with E-state index in [1.807, 2.05) is 18.2 Å². The van der Waals surface area contributed by atoms with Gasteiger partial charge in [-0.15, -0.1) is 0 Å². The van der Waals surface area contributed by atoms with Crippen molar-refractivity contribution in [2.24, 2.45) is 5.92 Å². The van der Waals surface area contributed by atoms with Crippen LogP contribution >= 0.6 is 0 Å². The monoisotopic (exact) mass is 374 g/mol. The molecule has 0 aliphatic carbocycles. The number of carboxylic acids is 1. The van der Waals surface area contributed by atoms with Gasteiger partial charge in [-0.1, -0.05) is 17.3 Å². The molecule has 1 aromatic heterocycles. The van der Waals surface area contributed by atoms with Gasteiger partial charge < -0.3 is 24.6 Å². The molecule has 2 N–H and O–H groups in total. The summed E-state index contributed by atoms with van der Waals surface area (Å²) in [4.78, 5) is 29.4. The fourth-order valence-electron chi connectivity index (χ4n) is 2.99. The third kappa shape index (κ3) is 4.36. The normalized spacial score (nSPS) is 18.0. The van der Waals surface area contributed by atoms with Crippen molar-refractivity contribution in [2.45, 2.75) is 25.8 Å². The first kappa shape index (κ1) is 18.7. The van der Waals surface area contributed by atoms with Gasteiger partial charge in [0.15, 0.2) is 0 Å². The molecule has 2 amide bonds. The largest absolute Gasteiger partial charge is 0.497 e. The van der Waals surface area contributed by atoms with E-state index in [0.717, 1.165) is 5.56 Å². The first-order chi connectivity index (χ1) is 13.0. The Kier molecular flexibility index (Phi) is 5.58. The van der Waals surface area contributed by atoms with Crippen LogP contribution in [0, 0.1) is 5.92 Å². The summed E-state index contributed by atoms with van der Waals surface area (Å²) < 4.78 is 10.5. The number of amides is 2. The molecular weight excluding hydrogens is 352 g/mol. The minimum Gasteiger partial charge on any atom is -0.497 e. The summed E-state index contributed by atoms with van der Waals surface area (Å²) >= 11 is 0. The number of carbonyl (C=O) groups excluding carboxylic acids is 1. The summed E-state index contributed by atoms with van der Waals surface area (Å²) in [6, 6.07) is 6.42. The maximum absolute atomic E-state index is 12.4. The van der Waals surface area contributed by atoms with E-state index in [9.17, 15) is 9.59 Å². The lowest BCUT2D eigenvalue weighted by atomic mass is 9.99. The van der Waals surface area contributed by atoms with Crippen molar-refractivity contribution >= 4 is 12.0 Å². The highest BCUT2D eigenvalue weighted by Crippen LogP contribution is 2.23. The van der Waals surface area contributed by atoms with Crippen LogP contribution < -0.4 is 10.1 Å². The van der Waals surface area contributed by atoms with Gasteiger partial charge in [0.1, 0.15) is 11.8 Å². The Bertz CT molecular complexity index is 822. The van der Waals surface area contributed by atoms with Crippen molar-refractivity contribution in [1.29, 1.82) is 0 Å². The molecule has 27 heavy (non-hydrogen) atoms. The molecule has 0 saturated carbocycles. The Morgan fingerprint density at radius 3 is 3.00 bits per heavy atom. The van der Waals surface area contributed by atoms with Gasteiger partial charge in [0.05, 0.1) is 13.0 Å². The number of hydrogen-bond donors (Lipinski definition) is 2. The fraction of sp³-hybridized carbons (Fsp3) is 0.444. The molecule has 2 unspecified atom stereocenters. The first-order valence-corrected chi connectivity index (χ1v) is 8.74. The third-order valence-electron chi connectivity index (χ3n) is 4.54. The van der Waals surface area contributed by atoms with Crippen LogP contribution in [0.15, 0.2) is 28.8 Å². The number of nitrogens with one attached hydrogen (secondary N) is 1. The lowest BCUT2D eigenvalue weighted by Crippen LogP contribution is -2.47. The van der Waals surface area contributed by atoms with Gasteiger partial charge in [-0.2, -0.15) is 4.98 Å². The number of ether oxygens (including phenoxy) is 1. The summed E-state index contributed by atoms with van der Waals surface area (Å²) in [5, 5.41) is 15.9. The van der Waals surface area contributed by atoms with Gasteiger partial charge in [0, 0.05) is 18.7 Å². The Labute approximate surface area is 156 Å². The quantitative estimate of drug-likeness (QED) is 0.824. The summed E-state index contributed by atoms with van der Waals surface area (Å²) in [7, 11) is 1.58. The molecule has 1 aromatic carbocycles. The number of rotatable bonds is 5. The molecule has 2 heterocycles. The fourth-order valence-corrected chi connectivity index (χ4v) is 2.99. The molecule has 1 aliphatic rings. The minimum absolute atomic E-state index is 0.201. The number of carbonyl (C=O) groups is 2. The SMILES string of the molecule is COc1cccc(-c2noc(C(C)NC(=O)N3CCCC(C(=O)O)C3)n2)c1. The number of nitrogens with zero attached hydrogens (tertiary/aromatic N) is 3. The Hall–Kier alpha value is -3.10. The van der Waals surface area contributed by atoms with Crippen LogP contribution in [0.25, 0.3) is 11.4 Å². The summed E-state index contributed by atoms with van der Waals surface area (Å²) in [6.45, 7) is 2.47. The van der Waals surface area contributed by atoms with Crippen LogP contribution in [0.4, 0.5) is 4.79 Å². The van der Waals surface area contributed by atoms with Crippen LogP contribution in [-0.4, -0.2) is 52.3 Å². The zero-order chi connectivity index (χ0) is 19.4. The molecular formula is C18H22N4O5. The lowest BCUT2D eigenvalue weighted by molar-refractivity contribution is -0.143. The molecule has 1 aliphatic heterocycles. The second-order valence-electron chi connectivity index (χ2n) is 6.48. The first-order valence-electron chi connectivity index (χ1n) is 8.74. The van der Waals surface area contributed by atoms with E-state index in [2.05, 4.69) is 15.5 Å². The van der Waals surface area contributed by atoms with Crippen molar-refractivity contribution in [1.82, 2.24) is 20.4 Å². The zero-order valence-electron chi connectivity index (χ0n) is 15.2. The molecule has 2 aromatic rings. The number of piperidine rings is 1. The predicted molar refractivity (Wildman–Crippen MR) is 95.2 cm³/mol. The highest BCUT2D eigenvalue weighted by Gasteiger charge is 2.29. The molecule has 9 heteroatoms. The Balaban J connectivity index is 1.64. The van der Waals surface area contributed by atoms with Crippen LogP contribution in [0.5, 0.6) is 5.75 Å². The Morgan fingerprint density at radius 2 is 2.26 bits per heavy atom. The second kappa shape index (κ2) is 8.07. The molecule has 1 saturated heterocycles. The maximum Gasteiger partial charge on any atom is 0.318 e. The number of urea groups is 1. The number of hydrogen-bond acceptors (Lipinski definition) is 6. The van der Waals surface area contributed by atoms with Crippen molar-refractivity contribution in [3.05, 3.63) is 30.2 Å². The maximum atomic E-state index is 12.4. The number of carboxylic acid groups (broad SMARTS) is 1. The van der Waals surface area contributed by atoms with Crippen LogP contribution in [0.3, 0.4) is 0 Å². The summed E-state index contributed by atoms with van der Waals surface area (Å²) in [5.74, 6) is -0.0524. The topological polar surface area (TPSA) is 118 Å². The molecule has 0 bridgehead atoms. The highest BCUT2D eigenvalue weighted by atomic mass is 16.5. The van der Waals surface area contributed by atoms with Crippen molar-refractivity contribution in [3.63, 3.8) is 0 Å². The van der Waals surface area contributed by atoms with E-state index in [1.165, 1.54) is 4.90 Å². The van der Waals surface area contributed by atoms with Gasteiger partial charge in [0.25, 0.3) is 0 Å². The van der Waals surface area contributed by atoms with Gasteiger partial charge in [-0.25, -0.2) is 4.79 Å². The molecule has 0 radical (unpaired) electrons. The molecule has 0 spiro atoms. The number of likely N-dealkylation sites (tertiary alicyclic amines) is 1. The van der Waals surface area contributed by atoms with Crippen LogP contribution in [-0.2, 0) is 4.79 Å². The highest BCUT2D eigenvalue weighted by molar-refractivity contribution is 5.76. The smallest absolute Gasteiger partial charge is 0.318 e.